The first-order valence-corrected chi connectivity index (χ1v) is 6.87. The number of thiazole rings is 1. The van der Waals surface area contributed by atoms with E-state index in [-0.39, 0.29) is 5.91 Å². The van der Waals surface area contributed by atoms with E-state index >= 15 is 0 Å². The SMILES string of the molecule is Cc1ccc(C(=O)Nc2nc(C(C)O)cs2)c(C)c1. The zero-order valence-corrected chi connectivity index (χ0v) is 11.9. The summed E-state index contributed by atoms with van der Waals surface area (Å²) in [4.78, 5) is 16.3. The van der Waals surface area contributed by atoms with Gasteiger partial charge in [0.2, 0.25) is 0 Å². The van der Waals surface area contributed by atoms with Crippen molar-refractivity contribution in [3.63, 3.8) is 0 Å². The third kappa shape index (κ3) is 3.19. The maximum absolute atomic E-state index is 12.1. The molecule has 19 heavy (non-hydrogen) atoms. The van der Waals surface area contributed by atoms with Crippen LogP contribution in [0.5, 0.6) is 0 Å². The Morgan fingerprint density at radius 3 is 2.74 bits per heavy atom. The van der Waals surface area contributed by atoms with Crippen molar-refractivity contribution < 1.29 is 9.90 Å². The molecule has 1 atom stereocenters. The van der Waals surface area contributed by atoms with Crippen molar-refractivity contribution in [3.8, 4) is 0 Å². The largest absolute Gasteiger partial charge is 0.387 e. The molecule has 0 fully saturated rings. The van der Waals surface area contributed by atoms with Crippen LogP contribution in [-0.2, 0) is 0 Å². The number of aromatic nitrogens is 1. The van der Waals surface area contributed by atoms with Gasteiger partial charge in [0.1, 0.15) is 0 Å². The van der Waals surface area contributed by atoms with Crippen LogP contribution in [0, 0.1) is 13.8 Å². The number of nitrogens with one attached hydrogen (secondary N) is 1. The Kier molecular flexibility index (Phi) is 3.97. The van der Waals surface area contributed by atoms with E-state index in [4.69, 9.17) is 0 Å². The van der Waals surface area contributed by atoms with Gasteiger partial charge in [0, 0.05) is 10.9 Å². The third-order valence-corrected chi connectivity index (χ3v) is 3.57. The molecule has 1 amide bonds. The number of carbonyl (C=O) groups is 1. The summed E-state index contributed by atoms with van der Waals surface area (Å²) in [6.45, 7) is 5.54. The Labute approximate surface area is 116 Å². The van der Waals surface area contributed by atoms with E-state index in [0.29, 0.717) is 16.4 Å². The summed E-state index contributed by atoms with van der Waals surface area (Å²) in [5.41, 5.74) is 3.27. The normalized spacial score (nSPS) is 12.2. The lowest BCUT2D eigenvalue weighted by molar-refractivity contribution is 0.102. The topological polar surface area (TPSA) is 62.2 Å². The van der Waals surface area contributed by atoms with E-state index in [1.54, 1.807) is 12.3 Å². The highest BCUT2D eigenvalue weighted by molar-refractivity contribution is 7.14. The van der Waals surface area contributed by atoms with Gasteiger partial charge in [0.25, 0.3) is 5.91 Å². The molecule has 2 aromatic rings. The highest BCUT2D eigenvalue weighted by Gasteiger charge is 2.12. The van der Waals surface area contributed by atoms with Crippen molar-refractivity contribution in [2.75, 3.05) is 5.32 Å². The molecule has 100 valence electrons. The van der Waals surface area contributed by atoms with Crippen LogP contribution in [-0.4, -0.2) is 16.0 Å². The lowest BCUT2D eigenvalue weighted by Gasteiger charge is -2.06. The third-order valence-electron chi connectivity index (χ3n) is 2.80. The minimum absolute atomic E-state index is 0.177. The van der Waals surface area contributed by atoms with Crippen molar-refractivity contribution in [1.82, 2.24) is 4.98 Å². The van der Waals surface area contributed by atoms with Gasteiger partial charge in [0.15, 0.2) is 5.13 Å². The predicted molar refractivity (Wildman–Crippen MR) is 76.6 cm³/mol. The van der Waals surface area contributed by atoms with E-state index in [1.165, 1.54) is 11.3 Å². The average Bonchev–Trinajstić information content (AvgIpc) is 2.77. The molecule has 5 heteroatoms. The second kappa shape index (κ2) is 5.50. The Morgan fingerprint density at radius 2 is 2.16 bits per heavy atom. The molecule has 0 saturated carbocycles. The van der Waals surface area contributed by atoms with Crippen molar-refractivity contribution >= 4 is 22.4 Å². The Bertz CT molecular complexity index is 605. The number of amides is 1. The van der Waals surface area contributed by atoms with Crippen molar-refractivity contribution in [2.45, 2.75) is 26.9 Å². The zero-order valence-electron chi connectivity index (χ0n) is 11.1. The van der Waals surface area contributed by atoms with Crippen LogP contribution in [0.4, 0.5) is 5.13 Å². The van der Waals surface area contributed by atoms with Gasteiger partial charge >= 0.3 is 0 Å². The highest BCUT2D eigenvalue weighted by Crippen LogP contribution is 2.21. The lowest BCUT2D eigenvalue weighted by Crippen LogP contribution is -2.13. The molecular weight excluding hydrogens is 260 g/mol. The summed E-state index contributed by atoms with van der Waals surface area (Å²) in [6.07, 6.45) is -0.622. The second-order valence-electron chi connectivity index (χ2n) is 4.53. The molecule has 0 radical (unpaired) electrons. The first kappa shape index (κ1) is 13.7. The molecule has 0 aliphatic heterocycles. The van der Waals surface area contributed by atoms with Gasteiger partial charge in [-0.05, 0) is 32.4 Å². The first-order valence-electron chi connectivity index (χ1n) is 5.99. The fraction of sp³-hybridized carbons (Fsp3) is 0.286. The van der Waals surface area contributed by atoms with E-state index in [2.05, 4.69) is 10.3 Å². The van der Waals surface area contributed by atoms with Crippen molar-refractivity contribution in [3.05, 3.63) is 46.0 Å². The van der Waals surface area contributed by atoms with Crippen LogP contribution in [0.2, 0.25) is 0 Å². The quantitative estimate of drug-likeness (QED) is 0.905. The standard InChI is InChI=1S/C14H16N2O2S/c1-8-4-5-11(9(2)6-8)13(18)16-14-15-12(7-19-14)10(3)17/h4-7,10,17H,1-3H3,(H,15,16,18). The van der Waals surface area contributed by atoms with E-state index < -0.39 is 6.10 Å². The zero-order chi connectivity index (χ0) is 14.0. The molecule has 2 N–H and O–H groups in total. The van der Waals surface area contributed by atoms with Crippen LogP contribution >= 0.6 is 11.3 Å². The van der Waals surface area contributed by atoms with Crippen LogP contribution in [0.3, 0.4) is 0 Å². The van der Waals surface area contributed by atoms with Crippen molar-refractivity contribution in [2.24, 2.45) is 0 Å². The number of anilines is 1. The molecule has 2 rings (SSSR count). The number of rotatable bonds is 3. The number of aliphatic hydroxyl groups excluding tert-OH is 1. The van der Waals surface area contributed by atoms with E-state index in [9.17, 15) is 9.90 Å². The first-order chi connectivity index (χ1) is 8.97. The number of carbonyl (C=O) groups excluding carboxylic acids is 1. The van der Waals surface area contributed by atoms with Gasteiger partial charge in [0.05, 0.1) is 11.8 Å². The van der Waals surface area contributed by atoms with Gasteiger partial charge in [-0.15, -0.1) is 11.3 Å². The highest BCUT2D eigenvalue weighted by atomic mass is 32.1. The molecule has 0 aliphatic rings. The Balaban J connectivity index is 2.16. The molecule has 1 aromatic carbocycles. The Morgan fingerprint density at radius 1 is 1.42 bits per heavy atom. The molecular formula is C14H16N2O2S. The summed E-state index contributed by atoms with van der Waals surface area (Å²) >= 11 is 1.31. The predicted octanol–water partition coefficient (Wildman–Crippen LogP) is 3.07. The number of aryl methyl sites for hydroxylation is 2. The van der Waals surface area contributed by atoms with Crippen molar-refractivity contribution in [1.29, 1.82) is 0 Å². The average molecular weight is 276 g/mol. The number of nitrogens with zero attached hydrogens (tertiary/aromatic N) is 1. The molecule has 4 nitrogen and oxygen atoms in total. The van der Waals surface area contributed by atoms with Gasteiger partial charge in [-0.25, -0.2) is 4.98 Å². The monoisotopic (exact) mass is 276 g/mol. The van der Waals surface area contributed by atoms with E-state index in [1.807, 2.05) is 32.0 Å². The number of hydrogen-bond donors (Lipinski definition) is 2. The summed E-state index contributed by atoms with van der Waals surface area (Å²) in [7, 11) is 0. The molecule has 0 bridgehead atoms. The van der Waals surface area contributed by atoms with Crippen LogP contribution in [0.25, 0.3) is 0 Å². The second-order valence-corrected chi connectivity index (χ2v) is 5.38. The Hall–Kier alpha value is -1.72. The minimum atomic E-state index is -0.622. The molecule has 1 unspecified atom stereocenters. The summed E-state index contributed by atoms with van der Waals surface area (Å²) in [5, 5.41) is 14.4. The van der Waals surface area contributed by atoms with Gasteiger partial charge in [-0.1, -0.05) is 17.7 Å². The van der Waals surface area contributed by atoms with Crippen LogP contribution in [0.15, 0.2) is 23.6 Å². The molecule has 1 aromatic heterocycles. The smallest absolute Gasteiger partial charge is 0.257 e. The number of hydrogen-bond acceptors (Lipinski definition) is 4. The summed E-state index contributed by atoms with van der Waals surface area (Å²) in [6, 6.07) is 5.69. The summed E-state index contributed by atoms with van der Waals surface area (Å²) in [5.74, 6) is -0.177. The van der Waals surface area contributed by atoms with E-state index in [0.717, 1.165) is 11.1 Å². The van der Waals surface area contributed by atoms with Crippen LogP contribution < -0.4 is 5.32 Å². The maximum Gasteiger partial charge on any atom is 0.257 e. The molecule has 1 heterocycles. The van der Waals surface area contributed by atoms with Gasteiger partial charge in [-0.2, -0.15) is 0 Å². The maximum atomic E-state index is 12.1. The lowest BCUT2D eigenvalue weighted by atomic mass is 10.1. The molecule has 0 aliphatic carbocycles. The minimum Gasteiger partial charge on any atom is -0.387 e. The fourth-order valence-corrected chi connectivity index (χ4v) is 2.56. The van der Waals surface area contributed by atoms with Crippen LogP contribution in [0.1, 0.15) is 40.2 Å². The molecule has 0 spiro atoms. The fourth-order valence-electron chi connectivity index (χ4n) is 1.77. The number of aliphatic hydroxyl groups is 1. The van der Waals surface area contributed by atoms with Gasteiger partial charge in [-0.3, -0.25) is 10.1 Å². The molecule has 0 saturated heterocycles. The summed E-state index contributed by atoms with van der Waals surface area (Å²) < 4.78 is 0. The van der Waals surface area contributed by atoms with Gasteiger partial charge < -0.3 is 5.11 Å². The number of benzene rings is 1.